The van der Waals surface area contributed by atoms with Gasteiger partial charge in [0.15, 0.2) is 0 Å². The Bertz CT molecular complexity index is 1860. The zero-order valence-electron chi connectivity index (χ0n) is 24.7. The number of rotatable bonds is 2. The van der Waals surface area contributed by atoms with Crippen LogP contribution in [-0.4, -0.2) is 19.9 Å². The molecule has 0 fully saturated rings. The van der Waals surface area contributed by atoms with Crippen LogP contribution in [-0.2, 0) is 16.2 Å². The van der Waals surface area contributed by atoms with Crippen LogP contribution >= 0.6 is 0 Å². The lowest BCUT2D eigenvalue weighted by Gasteiger charge is -2.20. The summed E-state index contributed by atoms with van der Waals surface area (Å²) < 4.78 is 2.20. The van der Waals surface area contributed by atoms with Crippen LogP contribution in [0.5, 0.6) is 0 Å². The highest BCUT2D eigenvalue weighted by molar-refractivity contribution is 5.91. The van der Waals surface area contributed by atoms with Gasteiger partial charge in [-0.2, -0.15) is 0 Å². The summed E-state index contributed by atoms with van der Waals surface area (Å²) in [5.41, 5.74) is 9.11. The molecule has 5 nitrogen and oxygen atoms in total. The quantitative estimate of drug-likeness (QED) is 0.198. The van der Waals surface area contributed by atoms with Crippen LogP contribution in [0.25, 0.3) is 50.0 Å². The van der Waals surface area contributed by atoms with Gasteiger partial charge in [0.05, 0.1) is 22.3 Å². The predicted molar refractivity (Wildman–Crippen MR) is 163 cm³/mol. The minimum atomic E-state index is -0.0529. The van der Waals surface area contributed by atoms with E-state index >= 15 is 0 Å². The van der Waals surface area contributed by atoms with Crippen LogP contribution in [0.1, 0.15) is 79.0 Å². The van der Waals surface area contributed by atoms with Crippen molar-refractivity contribution in [3.8, 4) is 17.2 Å². The molecule has 0 amide bonds. The molecule has 0 bridgehead atoms. The first-order valence-electron chi connectivity index (χ1n) is 13.9. The number of aromatic nitrogens is 5. The molecule has 0 spiro atoms. The summed E-state index contributed by atoms with van der Waals surface area (Å²) in [5.74, 6) is 1.01. The van der Waals surface area contributed by atoms with E-state index in [0.717, 1.165) is 39.3 Å². The van der Waals surface area contributed by atoms with Gasteiger partial charge in [-0.15, -0.1) is 0 Å². The molecule has 0 aliphatic rings. The molecule has 0 atom stereocenters. The van der Waals surface area contributed by atoms with Gasteiger partial charge < -0.3 is 9.97 Å². The van der Waals surface area contributed by atoms with Gasteiger partial charge in [-0.25, -0.2) is 14.5 Å². The third-order valence-electron chi connectivity index (χ3n) is 7.83. The van der Waals surface area contributed by atoms with E-state index in [0.29, 0.717) is 0 Å². The monoisotopic (exact) mass is 518 g/mol. The first-order valence-corrected chi connectivity index (χ1v) is 13.9. The summed E-state index contributed by atoms with van der Waals surface area (Å²) in [5, 5.41) is 3.68. The molecule has 1 aromatic carbocycles. The third-order valence-corrected chi connectivity index (χ3v) is 7.83. The van der Waals surface area contributed by atoms with E-state index in [1.165, 1.54) is 27.5 Å². The summed E-state index contributed by atoms with van der Waals surface area (Å²) in [6, 6.07) is 15.5. The standard InChI is InChI=1S/C34H39N5/c1-32(2,3)23-11-10-12-26-21(23)15-27(36-26)28-17-24(33(4,5)6)22-16-30(38-31(22)37-28)39-18-25(34(7,8)9)20-13-14-35-29(20)19-39/h10-19H,1-9H3,(H2,36,37,38)/p+1. The minimum absolute atomic E-state index is 0.0129. The van der Waals surface area contributed by atoms with Crippen molar-refractivity contribution in [1.82, 2.24) is 19.9 Å². The number of benzene rings is 1. The topological polar surface area (TPSA) is 64.1 Å². The number of hydrogen-bond acceptors (Lipinski definition) is 1. The maximum atomic E-state index is 5.17. The maximum Gasteiger partial charge on any atom is 0.286 e. The molecule has 0 aliphatic heterocycles. The van der Waals surface area contributed by atoms with Gasteiger partial charge in [-0.1, -0.05) is 74.4 Å². The van der Waals surface area contributed by atoms with Crippen LogP contribution in [0.3, 0.4) is 0 Å². The molecule has 5 heteroatoms. The Morgan fingerprint density at radius 1 is 0.641 bits per heavy atom. The Morgan fingerprint density at radius 2 is 1.36 bits per heavy atom. The lowest BCUT2D eigenvalue weighted by molar-refractivity contribution is -0.598. The summed E-state index contributed by atoms with van der Waals surface area (Å²) >= 11 is 0. The average Bonchev–Trinajstić information content (AvgIpc) is 3.57. The fourth-order valence-corrected chi connectivity index (χ4v) is 5.78. The number of pyridine rings is 2. The van der Waals surface area contributed by atoms with E-state index in [-0.39, 0.29) is 16.2 Å². The first kappa shape index (κ1) is 25.4. The zero-order valence-corrected chi connectivity index (χ0v) is 24.7. The number of aromatic amines is 3. The van der Waals surface area contributed by atoms with E-state index in [1.807, 2.05) is 6.20 Å². The molecule has 3 N–H and O–H groups in total. The molecule has 0 aliphatic carbocycles. The Hall–Kier alpha value is -3.86. The summed E-state index contributed by atoms with van der Waals surface area (Å²) in [4.78, 5) is 15.9. The van der Waals surface area contributed by atoms with E-state index in [2.05, 4.69) is 137 Å². The van der Waals surface area contributed by atoms with Gasteiger partial charge in [0.1, 0.15) is 12.4 Å². The van der Waals surface area contributed by atoms with E-state index in [1.54, 1.807) is 0 Å². The summed E-state index contributed by atoms with van der Waals surface area (Å²) in [6.45, 7) is 20.4. The van der Waals surface area contributed by atoms with Crippen LogP contribution in [0, 0.1) is 0 Å². The highest BCUT2D eigenvalue weighted by atomic mass is 15.1. The summed E-state index contributed by atoms with van der Waals surface area (Å²) in [6.07, 6.45) is 6.44. The van der Waals surface area contributed by atoms with Gasteiger partial charge in [-0.05, 0) is 51.6 Å². The lowest BCUT2D eigenvalue weighted by atomic mass is 9.84. The van der Waals surface area contributed by atoms with Crippen LogP contribution in [0.4, 0.5) is 0 Å². The maximum absolute atomic E-state index is 5.17. The van der Waals surface area contributed by atoms with Crippen molar-refractivity contribution < 1.29 is 4.57 Å². The SMILES string of the molecule is CC(C)(C)c1c[n+](-c2cc3c(C(C)(C)C)cc(-c4cc5c(C(C)(C)C)cccc5[nH]4)nc3[nH]2)cc2[nH]ccc12. The first-order chi connectivity index (χ1) is 18.2. The lowest BCUT2D eigenvalue weighted by Crippen LogP contribution is -2.33. The van der Waals surface area contributed by atoms with Crippen LogP contribution in [0.15, 0.2) is 61.1 Å². The normalized spacial score (nSPS) is 13.3. The highest BCUT2D eigenvalue weighted by Gasteiger charge is 2.26. The molecule has 39 heavy (non-hydrogen) atoms. The smallest absolute Gasteiger partial charge is 0.286 e. The molecule has 200 valence electrons. The Kier molecular flexibility index (Phi) is 5.42. The van der Waals surface area contributed by atoms with Crippen molar-refractivity contribution in [1.29, 1.82) is 0 Å². The molecule has 5 aromatic heterocycles. The number of nitrogens with one attached hydrogen (secondary N) is 3. The van der Waals surface area contributed by atoms with Crippen molar-refractivity contribution in [2.75, 3.05) is 0 Å². The van der Waals surface area contributed by atoms with E-state index < -0.39 is 0 Å². The average molecular weight is 519 g/mol. The van der Waals surface area contributed by atoms with Crippen molar-refractivity contribution in [3.63, 3.8) is 0 Å². The van der Waals surface area contributed by atoms with Gasteiger partial charge in [0, 0.05) is 34.1 Å². The number of nitrogens with zero attached hydrogens (tertiary/aromatic N) is 2. The van der Waals surface area contributed by atoms with Crippen molar-refractivity contribution in [3.05, 3.63) is 77.7 Å². The zero-order chi connectivity index (χ0) is 27.9. The number of H-pyrrole nitrogens is 3. The van der Waals surface area contributed by atoms with Crippen LogP contribution < -0.4 is 4.57 Å². The van der Waals surface area contributed by atoms with Crippen molar-refractivity contribution >= 4 is 32.8 Å². The van der Waals surface area contributed by atoms with Crippen LogP contribution in [0.2, 0.25) is 0 Å². The van der Waals surface area contributed by atoms with Gasteiger partial charge in [0.25, 0.3) is 5.82 Å². The minimum Gasteiger partial charge on any atom is -0.358 e. The molecular formula is C34H40N5+. The largest absolute Gasteiger partial charge is 0.358 e. The van der Waals surface area contributed by atoms with E-state index in [9.17, 15) is 0 Å². The molecule has 0 radical (unpaired) electrons. The summed E-state index contributed by atoms with van der Waals surface area (Å²) in [7, 11) is 0. The van der Waals surface area contributed by atoms with Crippen molar-refractivity contribution in [2.45, 2.75) is 78.6 Å². The van der Waals surface area contributed by atoms with Crippen molar-refractivity contribution in [2.24, 2.45) is 0 Å². The highest BCUT2D eigenvalue weighted by Crippen LogP contribution is 2.36. The Balaban J connectivity index is 1.56. The molecule has 0 unspecified atom stereocenters. The van der Waals surface area contributed by atoms with Gasteiger partial charge in [0.2, 0.25) is 5.65 Å². The van der Waals surface area contributed by atoms with Gasteiger partial charge in [-0.3, -0.25) is 0 Å². The Morgan fingerprint density at radius 3 is 2.05 bits per heavy atom. The van der Waals surface area contributed by atoms with Gasteiger partial charge >= 0.3 is 0 Å². The second-order valence-electron chi connectivity index (χ2n) is 14.1. The fraction of sp³-hybridized carbons (Fsp3) is 0.353. The molecule has 6 aromatic rings. The molecule has 0 saturated heterocycles. The molecular weight excluding hydrogens is 478 g/mol. The molecule has 5 heterocycles. The molecule has 0 saturated carbocycles. The number of fused-ring (bicyclic) bond motifs is 3. The fourth-order valence-electron chi connectivity index (χ4n) is 5.78. The second-order valence-corrected chi connectivity index (χ2v) is 14.1. The van der Waals surface area contributed by atoms with E-state index in [4.69, 9.17) is 4.98 Å². The Labute approximate surface area is 230 Å². The second kappa shape index (κ2) is 8.32. The molecule has 6 rings (SSSR count). The number of hydrogen-bond donors (Lipinski definition) is 3. The third kappa shape index (κ3) is 4.34. The predicted octanol–water partition coefficient (Wildman–Crippen LogP) is 8.36.